The molecule has 0 aromatic heterocycles. The fourth-order valence-electron chi connectivity index (χ4n) is 2.74. The third-order valence-corrected chi connectivity index (χ3v) is 4.19. The molecule has 6 heteroatoms. The van der Waals surface area contributed by atoms with Crippen molar-refractivity contribution in [3.05, 3.63) is 41.1 Å². The number of hydrogen-bond acceptors (Lipinski definition) is 4. The molecular formula is C18H21N3O3. The van der Waals surface area contributed by atoms with Gasteiger partial charge in [-0.25, -0.2) is 0 Å². The first-order valence-corrected chi connectivity index (χ1v) is 7.88. The van der Waals surface area contributed by atoms with E-state index in [2.05, 4.69) is 5.32 Å². The Morgan fingerprint density at radius 1 is 1.33 bits per heavy atom. The van der Waals surface area contributed by atoms with Crippen LogP contribution in [0.5, 0.6) is 0 Å². The number of rotatable bonds is 4. The van der Waals surface area contributed by atoms with Crippen LogP contribution in [0.4, 0.5) is 5.69 Å². The average molecular weight is 327 g/mol. The molecule has 0 atom stereocenters. The molecule has 0 spiro atoms. The molecule has 24 heavy (non-hydrogen) atoms. The second kappa shape index (κ2) is 7.64. The number of benzene rings is 1. The Morgan fingerprint density at radius 2 is 2.00 bits per heavy atom. The average Bonchev–Trinajstić information content (AvgIpc) is 2.55. The van der Waals surface area contributed by atoms with Gasteiger partial charge in [-0.1, -0.05) is 17.7 Å². The van der Waals surface area contributed by atoms with Crippen molar-refractivity contribution in [1.29, 1.82) is 5.26 Å². The van der Waals surface area contributed by atoms with Gasteiger partial charge < -0.3 is 15.3 Å². The summed E-state index contributed by atoms with van der Waals surface area (Å²) in [5, 5.41) is 21.0. The van der Waals surface area contributed by atoms with Crippen molar-refractivity contribution >= 4 is 17.6 Å². The fraction of sp³-hybridized carbons (Fsp3) is 0.389. The molecule has 1 aromatic rings. The van der Waals surface area contributed by atoms with Crippen molar-refractivity contribution < 1.29 is 14.7 Å². The van der Waals surface area contributed by atoms with Gasteiger partial charge in [0, 0.05) is 25.0 Å². The first kappa shape index (κ1) is 17.5. The van der Waals surface area contributed by atoms with E-state index in [4.69, 9.17) is 5.11 Å². The van der Waals surface area contributed by atoms with E-state index in [-0.39, 0.29) is 11.5 Å². The van der Waals surface area contributed by atoms with E-state index in [1.54, 1.807) is 0 Å². The number of aryl methyl sites for hydroxylation is 2. The largest absolute Gasteiger partial charge is 0.481 e. The van der Waals surface area contributed by atoms with Crippen LogP contribution >= 0.6 is 0 Å². The highest BCUT2D eigenvalue weighted by atomic mass is 16.4. The van der Waals surface area contributed by atoms with Gasteiger partial charge in [-0.2, -0.15) is 5.26 Å². The number of amides is 1. The molecule has 0 aliphatic carbocycles. The van der Waals surface area contributed by atoms with Crippen LogP contribution in [-0.4, -0.2) is 35.0 Å². The smallest absolute Gasteiger partial charge is 0.306 e. The van der Waals surface area contributed by atoms with Crippen molar-refractivity contribution in [2.45, 2.75) is 26.7 Å². The number of nitrogens with zero attached hydrogens (tertiary/aromatic N) is 2. The molecule has 0 saturated carbocycles. The number of anilines is 1. The number of carboxylic acids is 1. The zero-order valence-electron chi connectivity index (χ0n) is 13.9. The van der Waals surface area contributed by atoms with E-state index in [9.17, 15) is 14.9 Å². The summed E-state index contributed by atoms with van der Waals surface area (Å²) in [5.41, 5.74) is 2.73. The molecular weight excluding hydrogens is 306 g/mol. The number of likely N-dealkylation sites (tertiary alicyclic amines) is 1. The van der Waals surface area contributed by atoms with Gasteiger partial charge in [-0.15, -0.1) is 0 Å². The molecule has 1 aliphatic rings. The molecule has 1 saturated heterocycles. The number of hydrogen-bond donors (Lipinski definition) is 2. The fourth-order valence-corrected chi connectivity index (χ4v) is 2.74. The van der Waals surface area contributed by atoms with Gasteiger partial charge in [0.15, 0.2) is 0 Å². The molecule has 0 radical (unpaired) electrons. The number of piperidine rings is 1. The molecule has 0 unspecified atom stereocenters. The number of nitriles is 1. The minimum absolute atomic E-state index is 0.0174. The van der Waals surface area contributed by atoms with Crippen LogP contribution in [0.25, 0.3) is 0 Å². The van der Waals surface area contributed by atoms with Crippen molar-refractivity contribution in [2.75, 3.05) is 18.4 Å². The van der Waals surface area contributed by atoms with E-state index < -0.39 is 11.9 Å². The predicted molar refractivity (Wildman–Crippen MR) is 90.2 cm³/mol. The number of nitrogens with one attached hydrogen (secondary N) is 1. The van der Waals surface area contributed by atoms with Gasteiger partial charge in [0.25, 0.3) is 5.91 Å². The molecule has 1 aromatic carbocycles. The highest BCUT2D eigenvalue weighted by molar-refractivity contribution is 6.06. The Morgan fingerprint density at radius 3 is 2.54 bits per heavy atom. The molecule has 1 amide bonds. The van der Waals surface area contributed by atoms with Crippen molar-refractivity contribution in [3.8, 4) is 6.07 Å². The normalized spacial score (nSPS) is 15.7. The lowest BCUT2D eigenvalue weighted by atomic mass is 9.97. The maximum absolute atomic E-state index is 12.3. The molecule has 6 nitrogen and oxygen atoms in total. The first-order chi connectivity index (χ1) is 11.4. The van der Waals surface area contributed by atoms with Crippen molar-refractivity contribution in [1.82, 2.24) is 4.90 Å². The summed E-state index contributed by atoms with van der Waals surface area (Å²) in [6, 6.07) is 7.60. The number of carboxylic acid groups (broad SMARTS) is 1. The van der Waals surface area contributed by atoms with Gasteiger partial charge >= 0.3 is 5.97 Å². The maximum atomic E-state index is 12.3. The van der Waals surface area contributed by atoms with E-state index in [0.717, 1.165) is 11.1 Å². The Bertz CT molecular complexity index is 711. The van der Waals surface area contributed by atoms with E-state index in [1.165, 1.54) is 6.20 Å². The summed E-state index contributed by atoms with van der Waals surface area (Å²) < 4.78 is 0. The second-order valence-electron chi connectivity index (χ2n) is 6.08. The number of carbonyl (C=O) groups is 2. The van der Waals surface area contributed by atoms with Crippen molar-refractivity contribution in [2.24, 2.45) is 5.92 Å². The summed E-state index contributed by atoms with van der Waals surface area (Å²) >= 11 is 0. The summed E-state index contributed by atoms with van der Waals surface area (Å²) in [6.45, 7) is 4.92. The maximum Gasteiger partial charge on any atom is 0.306 e. The molecule has 2 rings (SSSR count). The van der Waals surface area contributed by atoms with Gasteiger partial charge in [-0.05, 0) is 38.3 Å². The predicted octanol–water partition coefficient (Wildman–Crippen LogP) is 2.45. The zero-order chi connectivity index (χ0) is 17.7. The molecule has 126 valence electrons. The summed E-state index contributed by atoms with van der Waals surface area (Å²) in [6.07, 6.45) is 2.56. The van der Waals surface area contributed by atoms with Crippen LogP contribution in [0.15, 0.2) is 30.0 Å². The van der Waals surface area contributed by atoms with Crippen LogP contribution in [0, 0.1) is 31.1 Å². The van der Waals surface area contributed by atoms with Gasteiger partial charge in [0.1, 0.15) is 11.6 Å². The summed E-state index contributed by atoms with van der Waals surface area (Å²) in [4.78, 5) is 25.1. The van der Waals surface area contributed by atoms with Crippen LogP contribution < -0.4 is 5.32 Å². The topological polar surface area (TPSA) is 93.4 Å². The Kier molecular flexibility index (Phi) is 5.59. The number of carbonyl (C=O) groups excluding carboxylic acids is 1. The minimum atomic E-state index is -0.785. The lowest BCUT2D eigenvalue weighted by Crippen LogP contribution is -2.33. The Balaban J connectivity index is 2.04. The van der Waals surface area contributed by atoms with E-state index >= 15 is 0 Å². The lowest BCUT2D eigenvalue weighted by molar-refractivity contribution is -0.143. The van der Waals surface area contributed by atoms with Gasteiger partial charge in [0.2, 0.25) is 0 Å². The highest BCUT2D eigenvalue weighted by Gasteiger charge is 2.24. The van der Waals surface area contributed by atoms with Crippen LogP contribution in [-0.2, 0) is 9.59 Å². The molecule has 1 heterocycles. The van der Waals surface area contributed by atoms with Gasteiger partial charge in [-0.3, -0.25) is 9.59 Å². The third kappa shape index (κ3) is 4.35. The Labute approximate surface area is 141 Å². The zero-order valence-corrected chi connectivity index (χ0v) is 13.9. The molecule has 1 fully saturated rings. The molecule has 0 bridgehead atoms. The second-order valence-corrected chi connectivity index (χ2v) is 6.08. The quantitative estimate of drug-likeness (QED) is 0.654. The van der Waals surface area contributed by atoms with Crippen LogP contribution in [0.2, 0.25) is 0 Å². The van der Waals surface area contributed by atoms with Crippen LogP contribution in [0.3, 0.4) is 0 Å². The summed E-state index contributed by atoms with van der Waals surface area (Å²) in [5.74, 6) is -1.58. The SMILES string of the molecule is Cc1ccc(NC(=O)/C(C#N)=C\N2CCC(C(=O)O)CC2)c(C)c1. The van der Waals surface area contributed by atoms with Crippen LogP contribution in [0.1, 0.15) is 24.0 Å². The third-order valence-electron chi connectivity index (χ3n) is 4.19. The standard InChI is InChI=1S/C18H21N3O3/c1-12-3-4-16(13(2)9-12)20-17(22)15(10-19)11-21-7-5-14(6-8-21)18(23)24/h3-4,9,11,14H,5-8H2,1-2H3,(H,20,22)(H,23,24)/b15-11-. The molecule has 1 aliphatic heterocycles. The van der Waals surface area contributed by atoms with Crippen molar-refractivity contribution in [3.63, 3.8) is 0 Å². The minimum Gasteiger partial charge on any atom is -0.481 e. The monoisotopic (exact) mass is 327 g/mol. The summed E-state index contributed by atoms with van der Waals surface area (Å²) in [7, 11) is 0. The van der Waals surface area contributed by atoms with E-state index in [1.807, 2.05) is 43.0 Å². The Hall–Kier alpha value is -2.81. The van der Waals surface area contributed by atoms with Gasteiger partial charge in [0.05, 0.1) is 5.92 Å². The lowest BCUT2D eigenvalue weighted by Gasteiger charge is -2.29. The highest BCUT2D eigenvalue weighted by Crippen LogP contribution is 2.19. The molecule has 2 N–H and O–H groups in total. The van der Waals surface area contributed by atoms with E-state index in [0.29, 0.717) is 31.6 Å². The first-order valence-electron chi connectivity index (χ1n) is 7.88. The number of aliphatic carboxylic acids is 1.